The van der Waals surface area contributed by atoms with E-state index in [1.54, 1.807) is 26.0 Å². The number of aliphatic hydroxyl groups excluding tert-OH is 3. The third-order valence-corrected chi connectivity index (χ3v) is 12.9. The van der Waals surface area contributed by atoms with E-state index in [1.165, 1.54) is 18.3 Å². The lowest BCUT2D eigenvalue weighted by atomic mass is 9.81. The molecule has 2 aromatic carbocycles. The van der Waals surface area contributed by atoms with Gasteiger partial charge in [-0.3, -0.25) is 14.4 Å². The number of nitrogens with zero attached hydrogens (tertiary/aromatic N) is 1. The Labute approximate surface area is 367 Å². The number of allylic oxidation sites excluding steroid dienone is 1. The Morgan fingerprint density at radius 1 is 0.984 bits per heavy atom. The Kier molecular flexibility index (Phi) is 15.9. The summed E-state index contributed by atoms with van der Waals surface area (Å²) in [5.41, 5.74) is 8.65. The van der Waals surface area contributed by atoms with Crippen molar-refractivity contribution >= 4 is 29.8 Å². The maximum Gasteiger partial charge on any atom is 0.336 e. The molecule has 2 saturated heterocycles. The summed E-state index contributed by atoms with van der Waals surface area (Å²) in [7, 11) is 0. The van der Waals surface area contributed by atoms with E-state index in [0.29, 0.717) is 30.0 Å². The second-order valence-corrected chi connectivity index (χ2v) is 17.7. The normalized spacial score (nSPS) is 26.4. The van der Waals surface area contributed by atoms with Crippen molar-refractivity contribution in [1.29, 1.82) is 0 Å². The average Bonchev–Trinajstić information content (AvgIpc) is 3.66. The summed E-state index contributed by atoms with van der Waals surface area (Å²) in [5, 5.41) is 64.8. The molecule has 2 aliphatic carbocycles. The molecule has 4 aliphatic rings. The molecule has 1 saturated carbocycles. The van der Waals surface area contributed by atoms with Gasteiger partial charge in [0.25, 0.3) is 5.91 Å². The number of fused-ring (bicyclic) bond motifs is 1. The summed E-state index contributed by atoms with van der Waals surface area (Å²) >= 11 is 0. The first-order chi connectivity index (χ1) is 30.0. The number of carboxylic acid groups (broad SMARTS) is 1. The van der Waals surface area contributed by atoms with Crippen molar-refractivity contribution in [2.24, 2.45) is 23.4 Å². The maximum absolute atomic E-state index is 13.4. The number of carbonyl (C=O) groups excluding carboxylic acids is 3. The highest BCUT2D eigenvalue weighted by Gasteiger charge is 2.54. The summed E-state index contributed by atoms with van der Waals surface area (Å²) in [6.45, 7) is 3.39. The lowest BCUT2D eigenvalue weighted by molar-refractivity contribution is -0.226. The van der Waals surface area contributed by atoms with Crippen LogP contribution in [0, 0.1) is 25.7 Å². The molecular formula is C46H64N6O11. The van der Waals surface area contributed by atoms with E-state index in [1.807, 2.05) is 18.2 Å². The van der Waals surface area contributed by atoms with Crippen LogP contribution in [0.3, 0.4) is 0 Å². The fourth-order valence-electron chi connectivity index (χ4n) is 9.28. The number of aliphatic hydroxyl groups is 3. The van der Waals surface area contributed by atoms with Gasteiger partial charge in [0.1, 0.15) is 24.5 Å². The Morgan fingerprint density at radius 3 is 2.38 bits per heavy atom. The standard InChI is InChI=1S/C46H64N6O11/c1-26-18-32(19-27(2)40(26)56)43(58)49-22-37(54)41(57)42-39(51-38(55)24-52(48)23-34(47)30-9-4-3-5-10-30)36(53)21-46(63-42,45(60)61)16-6-8-28-12-13-29-14-15-35(33(29)20-28)50-44(59)31-11-7-17-62-25-31/h6,8,12-13,18-20,23,30-31,35-37,39,41-42,53-54,56-57H,3-5,7,9-11,14-17,21-22,24-25,47-48H2,1-2H3,(H,49,58)(H,50,59)(H,51,55)(H,60,61)/b8-6+,34-23-/t31?,35?,36-,37?,39?,41+,42+,46+/m0/s1. The first-order valence-electron chi connectivity index (χ1n) is 22.0. The number of hydrogen-bond acceptors (Lipinski definition) is 13. The first-order valence-corrected chi connectivity index (χ1v) is 22.0. The predicted octanol–water partition coefficient (Wildman–Crippen LogP) is 2.11. The molecule has 4 unspecified atom stereocenters. The molecule has 8 atom stereocenters. The van der Waals surface area contributed by atoms with Gasteiger partial charge in [0.2, 0.25) is 11.8 Å². The van der Waals surface area contributed by atoms with Crippen molar-refractivity contribution in [2.75, 3.05) is 26.3 Å². The fraction of sp³-hybridized carbons (Fsp3) is 0.565. The van der Waals surface area contributed by atoms with E-state index in [4.69, 9.17) is 21.1 Å². The number of nitrogens with one attached hydrogen (secondary N) is 3. The number of aromatic hydroxyl groups is 1. The molecule has 6 rings (SSSR count). The van der Waals surface area contributed by atoms with Crippen LogP contribution in [0.2, 0.25) is 0 Å². The second-order valence-electron chi connectivity index (χ2n) is 17.7. The van der Waals surface area contributed by atoms with E-state index >= 15 is 0 Å². The molecule has 0 radical (unpaired) electrons. The van der Waals surface area contributed by atoms with Crippen molar-refractivity contribution in [3.63, 3.8) is 0 Å². The van der Waals surface area contributed by atoms with Crippen LogP contribution in [0.25, 0.3) is 6.08 Å². The van der Waals surface area contributed by atoms with Crippen molar-refractivity contribution < 1.29 is 54.2 Å². The number of aliphatic carboxylic acids is 1. The molecule has 0 spiro atoms. The van der Waals surface area contributed by atoms with Crippen LogP contribution in [-0.4, -0.2) is 117 Å². The smallest absolute Gasteiger partial charge is 0.336 e. The summed E-state index contributed by atoms with van der Waals surface area (Å²) in [4.78, 5) is 52.7. The molecule has 3 fully saturated rings. The highest BCUT2D eigenvalue weighted by molar-refractivity contribution is 5.95. The van der Waals surface area contributed by atoms with Crippen LogP contribution in [0.1, 0.15) is 108 Å². The third-order valence-electron chi connectivity index (χ3n) is 12.9. The zero-order valence-electron chi connectivity index (χ0n) is 36.1. The Bertz CT molecular complexity index is 2010. The number of nitrogens with two attached hydrogens (primary N) is 2. The second kappa shape index (κ2) is 21.1. The van der Waals surface area contributed by atoms with Crippen LogP contribution in [0.15, 0.2) is 48.3 Å². The molecule has 17 heteroatoms. The number of amides is 3. The van der Waals surface area contributed by atoms with Crippen LogP contribution < -0.4 is 27.5 Å². The summed E-state index contributed by atoms with van der Waals surface area (Å²) in [6, 6.07) is 7.15. The number of rotatable bonds is 16. The topological polar surface area (TPSA) is 279 Å². The maximum atomic E-state index is 13.4. The number of benzene rings is 2. The van der Waals surface area contributed by atoms with Gasteiger partial charge >= 0.3 is 5.97 Å². The molecule has 2 aromatic rings. The number of hydrazine groups is 1. The van der Waals surface area contributed by atoms with Gasteiger partial charge in [-0.15, -0.1) is 0 Å². The lowest BCUT2D eigenvalue weighted by Gasteiger charge is -2.47. The summed E-state index contributed by atoms with van der Waals surface area (Å²) < 4.78 is 11.7. The highest BCUT2D eigenvalue weighted by Crippen LogP contribution is 2.37. The van der Waals surface area contributed by atoms with Gasteiger partial charge < -0.3 is 61.7 Å². The Morgan fingerprint density at radius 2 is 1.70 bits per heavy atom. The van der Waals surface area contributed by atoms with E-state index < -0.39 is 73.4 Å². The minimum atomic E-state index is -2.13. The molecule has 3 amide bonds. The van der Waals surface area contributed by atoms with Crippen molar-refractivity contribution in [3.8, 4) is 5.75 Å². The number of ether oxygens (including phenoxy) is 2. The van der Waals surface area contributed by atoms with E-state index in [2.05, 4.69) is 16.0 Å². The van der Waals surface area contributed by atoms with E-state index in [9.17, 15) is 44.7 Å². The molecule has 2 aliphatic heterocycles. The van der Waals surface area contributed by atoms with Gasteiger partial charge in [-0.05, 0) is 104 Å². The molecular weight excluding hydrogens is 813 g/mol. The van der Waals surface area contributed by atoms with Crippen molar-refractivity contribution in [3.05, 3.63) is 81.7 Å². The van der Waals surface area contributed by atoms with Gasteiger partial charge in [0.15, 0.2) is 5.60 Å². The molecule has 0 bridgehead atoms. The molecule has 17 nitrogen and oxygen atoms in total. The lowest BCUT2D eigenvalue weighted by Crippen LogP contribution is -2.68. The quantitative estimate of drug-likeness (QED) is 0.0855. The average molecular weight is 877 g/mol. The number of hydrogen-bond donors (Lipinski definition) is 10. The molecule has 0 aromatic heterocycles. The van der Waals surface area contributed by atoms with Crippen LogP contribution in [0.5, 0.6) is 5.75 Å². The van der Waals surface area contributed by atoms with Gasteiger partial charge in [0, 0.05) is 43.5 Å². The highest BCUT2D eigenvalue weighted by atomic mass is 16.6. The van der Waals surface area contributed by atoms with Gasteiger partial charge in [-0.1, -0.05) is 43.5 Å². The number of phenols is 1. The SMILES string of the molecule is Cc1cc(C(=O)NCC(O)[C@@H](O)[C@@H]2O[C@@](C/C=C/c3ccc4c(c3)C(NC(=O)C3CCCOC3)CC4)(C(=O)O)C[C@H](O)C2NC(=O)CN(N)/C=C(\N)C2CCCCC2)cc(C)c1O. The van der Waals surface area contributed by atoms with Crippen LogP contribution >= 0.6 is 0 Å². The minimum absolute atomic E-state index is 0.0357. The van der Waals surface area contributed by atoms with Gasteiger partial charge in [0.05, 0.1) is 36.8 Å². The summed E-state index contributed by atoms with van der Waals surface area (Å²) in [5.74, 6) is 3.33. The minimum Gasteiger partial charge on any atom is -0.507 e. The Balaban J connectivity index is 1.18. The molecule has 2 heterocycles. The number of phenolic OH excluding ortho intramolecular Hbond substituents is 1. The van der Waals surface area contributed by atoms with Crippen LogP contribution in [0.4, 0.5) is 0 Å². The third kappa shape index (κ3) is 11.8. The van der Waals surface area contributed by atoms with Crippen molar-refractivity contribution in [2.45, 2.75) is 127 Å². The van der Waals surface area contributed by atoms with Gasteiger partial charge in [-0.25, -0.2) is 10.6 Å². The van der Waals surface area contributed by atoms with E-state index in [-0.39, 0.29) is 41.5 Å². The predicted molar refractivity (Wildman–Crippen MR) is 232 cm³/mol. The van der Waals surface area contributed by atoms with E-state index in [0.717, 1.165) is 79.5 Å². The number of carboxylic acids is 1. The number of aryl methyl sites for hydroxylation is 3. The Hall–Kier alpha value is -5.04. The molecule has 344 valence electrons. The first kappa shape index (κ1) is 47.4. The van der Waals surface area contributed by atoms with Crippen LogP contribution in [-0.2, 0) is 30.3 Å². The largest absolute Gasteiger partial charge is 0.507 e. The molecule has 12 N–H and O–H groups in total. The monoisotopic (exact) mass is 876 g/mol. The summed E-state index contributed by atoms with van der Waals surface area (Å²) in [6.07, 6.45) is 5.21. The molecule has 63 heavy (non-hydrogen) atoms. The number of carbonyl (C=O) groups is 4. The van der Waals surface area contributed by atoms with Gasteiger partial charge in [-0.2, -0.15) is 0 Å². The zero-order valence-corrected chi connectivity index (χ0v) is 36.1. The zero-order chi connectivity index (χ0) is 45.4. The fourth-order valence-corrected chi connectivity index (χ4v) is 9.28. The van der Waals surface area contributed by atoms with Crippen molar-refractivity contribution in [1.82, 2.24) is 21.0 Å².